The second kappa shape index (κ2) is 12.2. The molecule has 0 aliphatic rings. The summed E-state index contributed by atoms with van der Waals surface area (Å²) in [5, 5.41) is 19.6. The fraction of sp³-hybridized carbons (Fsp3) is 0.190. The van der Waals surface area contributed by atoms with Crippen LogP contribution in [0.3, 0.4) is 0 Å². The highest BCUT2D eigenvalue weighted by molar-refractivity contribution is 5.85. The average Bonchev–Trinajstić information content (AvgIpc) is 2.70. The number of benzene rings is 2. The third kappa shape index (κ3) is 8.47. The van der Waals surface area contributed by atoms with Crippen molar-refractivity contribution in [3.8, 4) is 11.8 Å². The predicted molar refractivity (Wildman–Crippen MR) is 107 cm³/mol. The molecule has 0 spiro atoms. The van der Waals surface area contributed by atoms with Gasteiger partial charge in [0.25, 0.3) is 0 Å². The molecule has 2 aromatic carbocycles. The first-order valence-corrected chi connectivity index (χ1v) is 8.49. The van der Waals surface area contributed by atoms with Crippen LogP contribution in [0, 0.1) is 11.3 Å². The van der Waals surface area contributed by atoms with Crippen molar-refractivity contribution in [2.75, 3.05) is 6.61 Å². The van der Waals surface area contributed by atoms with Crippen molar-refractivity contribution in [1.29, 1.82) is 5.26 Å². The second-order valence-electron chi connectivity index (χ2n) is 5.94. The highest BCUT2D eigenvalue weighted by Crippen LogP contribution is 2.22. The van der Waals surface area contributed by atoms with E-state index in [1.54, 1.807) is 6.07 Å². The monoisotopic (exact) mass is 415 g/mol. The summed E-state index contributed by atoms with van der Waals surface area (Å²) in [4.78, 5) is 22.5. The quantitative estimate of drug-likeness (QED) is 0.486. The van der Waals surface area contributed by atoms with E-state index in [-0.39, 0.29) is 37.8 Å². The minimum Gasteiger partial charge on any atom is -0.545 e. The summed E-state index contributed by atoms with van der Waals surface area (Å²) in [7, 11) is 0. The normalized spacial score (nSPS) is 11.2. The lowest BCUT2D eigenvalue weighted by atomic mass is 10.1. The number of carboxylic acid groups (broad SMARTS) is 1. The maximum Gasteiger partial charge on any atom is 0.307 e. The lowest BCUT2D eigenvalue weighted by molar-refractivity contribution is -0.297. The molecule has 152 valence electrons. The fourth-order valence-corrected chi connectivity index (χ4v) is 2.29. The Morgan fingerprint density at radius 1 is 1.21 bits per heavy atom. The Balaban J connectivity index is 0.00000420. The summed E-state index contributed by atoms with van der Waals surface area (Å²) in [6, 6.07) is 15.2. The van der Waals surface area contributed by atoms with Gasteiger partial charge in [0, 0.05) is 11.6 Å². The van der Waals surface area contributed by atoms with Crippen LogP contribution in [0.4, 0.5) is 0 Å². The number of aliphatic carboxylic acids is 1. The van der Waals surface area contributed by atoms with Gasteiger partial charge in [0.2, 0.25) is 0 Å². The second-order valence-corrected chi connectivity index (χ2v) is 5.94. The van der Waals surface area contributed by atoms with E-state index in [0.29, 0.717) is 11.1 Å². The number of nitrogens with two attached hydrogens (primary N) is 1. The van der Waals surface area contributed by atoms with E-state index < -0.39 is 18.0 Å². The number of nitrogens with zero attached hydrogens (tertiary/aromatic N) is 1. The summed E-state index contributed by atoms with van der Waals surface area (Å²) in [6.45, 7) is 0.150. The maximum absolute atomic E-state index is 11.9. The molecule has 0 heterocycles. The van der Waals surface area contributed by atoms with Crippen molar-refractivity contribution in [2.24, 2.45) is 5.73 Å². The van der Waals surface area contributed by atoms with Crippen LogP contribution in [0.5, 0.6) is 5.75 Å². The Hall–Kier alpha value is -3.34. The van der Waals surface area contributed by atoms with Crippen LogP contribution in [-0.4, -0.2) is 24.6 Å². The van der Waals surface area contributed by atoms with E-state index >= 15 is 0 Å². The number of carboxylic acids is 1. The van der Waals surface area contributed by atoms with E-state index in [1.807, 2.05) is 36.4 Å². The van der Waals surface area contributed by atoms with Crippen molar-refractivity contribution in [2.45, 2.75) is 19.1 Å². The molecule has 0 amide bonds. The van der Waals surface area contributed by atoms with Crippen LogP contribution >= 0.6 is 12.4 Å². The number of nitriles is 1. The van der Waals surface area contributed by atoms with Crippen LogP contribution in [0.2, 0.25) is 0 Å². The summed E-state index contributed by atoms with van der Waals surface area (Å²) in [5.41, 5.74) is 7.58. The Labute approximate surface area is 174 Å². The summed E-state index contributed by atoms with van der Waals surface area (Å²) in [5.74, 6) is -1.53. The molecular formula is C21H20ClN2O5-. The molecule has 0 bridgehead atoms. The lowest BCUT2D eigenvalue weighted by Gasteiger charge is -2.15. The highest BCUT2D eigenvalue weighted by Gasteiger charge is 2.13. The van der Waals surface area contributed by atoms with Crippen molar-refractivity contribution in [1.82, 2.24) is 0 Å². The third-order valence-corrected chi connectivity index (χ3v) is 3.67. The number of carbonyl (C=O) groups is 2. The van der Waals surface area contributed by atoms with Gasteiger partial charge in [-0.2, -0.15) is 5.26 Å². The van der Waals surface area contributed by atoms with Gasteiger partial charge in [0.15, 0.2) is 0 Å². The van der Waals surface area contributed by atoms with Gasteiger partial charge in [-0.1, -0.05) is 30.3 Å². The predicted octanol–water partition coefficient (Wildman–Crippen LogP) is 1.58. The van der Waals surface area contributed by atoms with Gasteiger partial charge in [0.05, 0.1) is 24.0 Å². The zero-order valence-electron chi connectivity index (χ0n) is 15.4. The molecule has 8 heteroatoms. The van der Waals surface area contributed by atoms with Gasteiger partial charge < -0.3 is 25.1 Å². The van der Waals surface area contributed by atoms with Crippen LogP contribution in [0.15, 0.2) is 54.6 Å². The van der Waals surface area contributed by atoms with E-state index in [4.69, 9.17) is 20.5 Å². The van der Waals surface area contributed by atoms with E-state index in [2.05, 4.69) is 0 Å². The first kappa shape index (κ1) is 23.7. The number of ether oxygens (including phenoxy) is 2. The maximum atomic E-state index is 11.9. The summed E-state index contributed by atoms with van der Waals surface area (Å²) >= 11 is 0. The highest BCUT2D eigenvalue weighted by atomic mass is 35.5. The number of rotatable bonds is 9. The molecule has 2 N–H and O–H groups in total. The lowest BCUT2D eigenvalue weighted by Crippen LogP contribution is -2.31. The Morgan fingerprint density at radius 2 is 1.93 bits per heavy atom. The molecule has 0 aromatic heterocycles. The smallest absolute Gasteiger partial charge is 0.307 e. The van der Waals surface area contributed by atoms with Crippen LogP contribution < -0.4 is 15.6 Å². The molecule has 0 aliphatic heterocycles. The number of esters is 1. The zero-order valence-corrected chi connectivity index (χ0v) is 16.3. The molecule has 2 aromatic rings. The number of hydrogen-bond donors (Lipinski definition) is 1. The molecule has 1 unspecified atom stereocenters. The molecule has 0 saturated carbocycles. The van der Waals surface area contributed by atoms with E-state index in [0.717, 1.165) is 11.6 Å². The molecular weight excluding hydrogens is 396 g/mol. The number of hydrogen-bond acceptors (Lipinski definition) is 7. The van der Waals surface area contributed by atoms with E-state index in [1.165, 1.54) is 18.2 Å². The number of carbonyl (C=O) groups excluding carboxylic acids is 2. The van der Waals surface area contributed by atoms with E-state index in [9.17, 15) is 14.7 Å². The topological polar surface area (TPSA) is 125 Å². The Kier molecular flexibility index (Phi) is 9.96. The SMILES string of the molecule is Cl.N#Cc1ccc(/C=C/C(=O)[O-])c(OCC(N)CC(=O)OCc2ccccc2)c1. The molecule has 1 atom stereocenters. The first-order valence-electron chi connectivity index (χ1n) is 8.49. The molecule has 29 heavy (non-hydrogen) atoms. The van der Waals surface area contributed by atoms with Crippen LogP contribution in [0.25, 0.3) is 6.08 Å². The van der Waals surface area contributed by atoms with Gasteiger partial charge in [-0.25, -0.2) is 0 Å². The minimum absolute atomic E-state index is 0. The third-order valence-electron chi connectivity index (χ3n) is 3.67. The Bertz CT molecular complexity index is 894. The van der Waals surface area contributed by atoms with Crippen molar-refractivity contribution < 1.29 is 24.2 Å². The molecule has 0 fully saturated rings. The average molecular weight is 416 g/mol. The van der Waals surface area contributed by atoms with Crippen molar-refractivity contribution in [3.05, 3.63) is 71.3 Å². The van der Waals surface area contributed by atoms with Crippen molar-refractivity contribution in [3.63, 3.8) is 0 Å². The summed E-state index contributed by atoms with van der Waals surface area (Å²) < 4.78 is 10.8. The summed E-state index contributed by atoms with van der Waals surface area (Å²) in [6.07, 6.45) is 2.11. The standard InChI is InChI=1S/C21H20N2O5.ClH/c22-12-16-6-7-17(8-9-20(24)25)19(10-16)27-14-18(23)11-21(26)28-13-15-4-2-1-3-5-15;/h1-10,18H,11,13-14,23H2,(H,24,25);1H/p-1/b9-8+;. The Morgan fingerprint density at radius 3 is 2.59 bits per heavy atom. The largest absolute Gasteiger partial charge is 0.545 e. The molecule has 0 saturated heterocycles. The fourth-order valence-electron chi connectivity index (χ4n) is 2.29. The van der Waals surface area contributed by atoms with Gasteiger partial charge in [-0.05, 0) is 35.9 Å². The first-order chi connectivity index (χ1) is 13.5. The number of halogens is 1. The van der Waals surface area contributed by atoms with Gasteiger partial charge in [-0.15, -0.1) is 12.4 Å². The van der Waals surface area contributed by atoms with Crippen LogP contribution in [-0.2, 0) is 20.9 Å². The molecule has 2 rings (SSSR count). The zero-order chi connectivity index (χ0) is 20.4. The van der Waals surface area contributed by atoms with Crippen molar-refractivity contribution >= 4 is 30.4 Å². The van der Waals surface area contributed by atoms with Gasteiger partial charge >= 0.3 is 5.97 Å². The van der Waals surface area contributed by atoms with Crippen LogP contribution in [0.1, 0.15) is 23.1 Å². The molecule has 0 radical (unpaired) electrons. The minimum atomic E-state index is -1.35. The van der Waals surface area contributed by atoms with Gasteiger partial charge in [-0.3, -0.25) is 4.79 Å². The molecule has 7 nitrogen and oxygen atoms in total. The molecule has 0 aliphatic carbocycles. The van der Waals surface area contributed by atoms with Gasteiger partial charge in [0.1, 0.15) is 19.0 Å².